The molecule has 1 unspecified atom stereocenters. The lowest BCUT2D eigenvalue weighted by Gasteiger charge is -2.41. The first-order valence-corrected chi connectivity index (χ1v) is 11.2. The van der Waals surface area contributed by atoms with E-state index in [4.69, 9.17) is 10.5 Å². The predicted octanol–water partition coefficient (Wildman–Crippen LogP) is 4.17. The molecule has 1 aliphatic heterocycles. The van der Waals surface area contributed by atoms with Crippen LogP contribution in [0.2, 0.25) is 0 Å². The van der Waals surface area contributed by atoms with Gasteiger partial charge in [0.1, 0.15) is 0 Å². The highest BCUT2D eigenvalue weighted by atomic mass is 16.5. The number of aryl methyl sites for hydroxylation is 1. The summed E-state index contributed by atoms with van der Waals surface area (Å²) in [6.07, 6.45) is 8.47. The van der Waals surface area contributed by atoms with Crippen LogP contribution in [0, 0.1) is 11.8 Å². The van der Waals surface area contributed by atoms with Crippen LogP contribution in [-0.4, -0.2) is 42.1 Å². The van der Waals surface area contributed by atoms with Crippen molar-refractivity contribution < 1.29 is 9.53 Å². The summed E-state index contributed by atoms with van der Waals surface area (Å²) in [4.78, 5) is 14.9. The van der Waals surface area contributed by atoms with Gasteiger partial charge >= 0.3 is 0 Å². The van der Waals surface area contributed by atoms with Gasteiger partial charge in [-0.25, -0.2) is 0 Å². The minimum Gasteiger partial charge on any atom is -0.376 e. The number of carbonyl (C=O) groups is 1. The maximum absolute atomic E-state index is 12.9. The lowest BCUT2D eigenvalue weighted by Crippen LogP contribution is -2.56. The van der Waals surface area contributed by atoms with Crippen LogP contribution in [0.25, 0.3) is 0 Å². The van der Waals surface area contributed by atoms with E-state index in [1.807, 2.05) is 23.1 Å². The Hall–Kier alpha value is -1.39. The SMILES string of the molecule is CC(C)[C@H]1CC[C@@H](OC[C@H]2C(N)CCCN2C(=O)CCc2ccccc2)CC1. The largest absolute Gasteiger partial charge is 0.376 e. The number of piperidine rings is 1. The van der Waals surface area contributed by atoms with Gasteiger partial charge in [-0.2, -0.15) is 0 Å². The van der Waals surface area contributed by atoms with Crippen LogP contribution in [-0.2, 0) is 16.0 Å². The standard InChI is InChI=1S/C24H38N2O2/c1-18(2)20-11-13-21(14-12-20)28-17-23-22(25)9-6-16-26(23)24(27)15-10-19-7-4-3-5-8-19/h3-5,7-8,18,20-23H,6,9-17,25H2,1-2H3/t20-,21+,22?,23-/m0/s1. The summed E-state index contributed by atoms with van der Waals surface area (Å²) in [6, 6.07) is 10.3. The molecule has 0 radical (unpaired) electrons. The first-order valence-electron chi connectivity index (χ1n) is 11.2. The summed E-state index contributed by atoms with van der Waals surface area (Å²) in [5.41, 5.74) is 7.63. The number of carbonyl (C=O) groups excluding carboxylic acids is 1. The van der Waals surface area contributed by atoms with E-state index < -0.39 is 0 Å². The fourth-order valence-electron chi connectivity index (χ4n) is 4.81. The maximum Gasteiger partial charge on any atom is 0.223 e. The van der Waals surface area contributed by atoms with Crippen molar-refractivity contribution in [3.8, 4) is 0 Å². The van der Waals surface area contributed by atoms with Crippen molar-refractivity contribution >= 4 is 5.91 Å². The van der Waals surface area contributed by atoms with E-state index in [-0.39, 0.29) is 18.0 Å². The van der Waals surface area contributed by atoms with Gasteiger partial charge in [0.15, 0.2) is 0 Å². The van der Waals surface area contributed by atoms with E-state index in [0.29, 0.717) is 19.1 Å². The van der Waals surface area contributed by atoms with E-state index in [1.165, 1.54) is 18.4 Å². The molecule has 1 aromatic rings. The average molecular weight is 387 g/mol. The van der Waals surface area contributed by atoms with Crippen LogP contribution >= 0.6 is 0 Å². The van der Waals surface area contributed by atoms with Gasteiger partial charge in [0, 0.05) is 19.0 Å². The Morgan fingerprint density at radius 2 is 1.86 bits per heavy atom. The van der Waals surface area contributed by atoms with Crippen molar-refractivity contribution in [3.05, 3.63) is 35.9 Å². The summed E-state index contributed by atoms with van der Waals surface area (Å²) >= 11 is 0. The van der Waals surface area contributed by atoms with E-state index in [2.05, 4.69) is 26.0 Å². The summed E-state index contributed by atoms with van der Waals surface area (Å²) in [5, 5.41) is 0. The number of rotatable bonds is 7. The van der Waals surface area contributed by atoms with Gasteiger partial charge in [0.05, 0.1) is 18.8 Å². The minimum atomic E-state index is 0.0276. The second kappa shape index (κ2) is 10.4. The third-order valence-electron chi connectivity index (χ3n) is 6.79. The summed E-state index contributed by atoms with van der Waals surface area (Å²) < 4.78 is 6.29. The summed E-state index contributed by atoms with van der Waals surface area (Å²) in [5.74, 6) is 1.83. The molecule has 1 amide bonds. The fourth-order valence-corrected chi connectivity index (χ4v) is 4.81. The lowest BCUT2D eigenvalue weighted by molar-refractivity contribution is -0.138. The van der Waals surface area contributed by atoms with Crippen molar-refractivity contribution in [2.24, 2.45) is 17.6 Å². The molecule has 3 rings (SSSR count). The number of ether oxygens (including phenoxy) is 1. The quantitative estimate of drug-likeness (QED) is 0.765. The Balaban J connectivity index is 1.50. The van der Waals surface area contributed by atoms with Gasteiger partial charge in [-0.1, -0.05) is 44.2 Å². The highest BCUT2D eigenvalue weighted by Crippen LogP contribution is 2.31. The monoisotopic (exact) mass is 386 g/mol. The maximum atomic E-state index is 12.9. The van der Waals surface area contributed by atoms with E-state index >= 15 is 0 Å². The normalized spacial score (nSPS) is 28.5. The van der Waals surface area contributed by atoms with Crippen molar-refractivity contribution in [2.45, 2.75) is 83.4 Å². The summed E-state index contributed by atoms with van der Waals surface area (Å²) in [6.45, 7) is 6.06. The number of likely N-dealkylation sites (tertiary alicyclic amines) is 1. The molecular weight excluding hydrogens is 348 g/mol. The fraction of sp³-hybridized carbons (Fsp3) is 0.708. The predicted molar refractivity (Wildman–Crippen MR) is 114 cm³/mol. The van der Waals surface area contributed by atoms with Crippen LogP contribution < -0.4 is 5.73 Å². The van der Waals surface area contributed by atoms with Crippen LogP contribution in [0.1, 0.15) is 64.4 Å². The van der Waals surface area contributed by atoms with E-state index in [9.17, 15) is 4.79 Å². The third kappa shape index (κ3) is 5.81. The Kier molecular flexibility index (Phi) is 7.92. The van der Waals surface area contributed by atoms with Crippen molar-refractivity contribution in [3.63, 3.8) is 0 Å². The van der Waals surface area contributed by atoms with E-state index in [1.54, 1.807) is 0 Å². The molecule has 2 aliphatic rings. The lowest BCUT2D eigenvalue weighted by atomic mass is 9.80. The van der Waals surface area contributed by atoms with Gasteiger partial charge in [-0.05, 0) is 62.3 Å². The molecule has 1 saturated heterocycles. The molecule has 2 atom stereocenters. The van der Waals surface area contributed by atoms with Gasteiger partial charge < -0.3 is 15.4 Å². The molecule has 1 heterocycles. The highest BCUT2D eigenvalue weighted by Gasteiger charge is 2.33. The number of amides is 1. The zero-order valence-electron chi connectivity index (χ0n) is 17.7. The Labute approximate surface area is 170 Å². The van der Waals surface area contributed by atoms with Crippen molar-refractivity contribution in [1.29, 1.82) is 0 Å². The van der Waals surface area contributed by atoms with Gasteiger partial charge in [-0.15, -0.1) is 0 Å². The zero-order valence-corrected chi connectivity index (χ0v) is 17.7. The van der Waals surface area contributed by atoms with Crippen LogP contribution in [0.5, 0.6) is 0 Å². The molecular formula is C24H38N2O2. The number of nitrogens with zero attached hydrogens (tertiary/aromatic N) is 1. The molecule has 2 fully saturated rings. The molecule has 4 nitrogen and oxygen atoms in total. The molecule has 0 bridgehead atoms. The molecule has 156 valence electrons. The molecule has 0 spiro atoms. The average Bonchev–Trinajstić information content (AvgIpc) is 2.72. The minimum absolute atomic E-state index is 0.0276. The molecule has 4 heteroatoms. The topological polar surface area (TPSA) is 55.6 Å². The van der Waals surface area contributed by atoms with Gasteiger partial charge in [0.2, 0.25) is 5.91 Å². The second-order valence-electron chi connectivity index (χ2n) is 9.06. The van der Waals surface area contributed by atoms with Crippen LogP contribution in [0.4, 0.5) is 0 Å². The number of nitrogens with two attached hydrogens (primary N) is 1. The summed E-state index contributed by atoms with van der Waals surface area (Å²) in [7, 11) is 0. The van der Waals surface area contributed by atoms with Crippen molar-refractivity contribution in [1.82, 2.24) is 4.90 Å². The van der Waals surface area contributed by atoms with Crippen LogP contribution in [0.15, 0.2) is 30.3 Å². The van der Waals surface area contributed by atoms with E-state index in [0.717, 1.165) is 50.5 Å². The third-order valence-corrected chi connectivity index (χ3v) is 6.79. The Morgan fingerprint density at radius 1 is 1.14 bits per heavy atom. The first-order chi connectivity index (χ1) is 13.5. The molecule has 1 aromatic carbocycles. The van der Waals surface area contributed by atoms with Crippen molar-refractivity contribution in [2.75, 3.05) is 13.2 Å². The molecule has 28 heavy (non-hydrogen) atoms. The number of hydrogen-bond donors (Lipinski definition) is 1. The zero-order chi connectivity index (χ0) is 19.9. The second-order valence-corrected chi connectivity index (χ2v) is 9.06. The highest BCUT2D eigenvalue weighted by molar-refractivity contribution is 5.77. The molecule has 2 N–H and O–H groups in total. The Morgan fingerprint density at radius 3 is 2.54 bits per heavy atom. The van der Waals surface area contributed by atoms with Crippen LogP contribution in [0.3, 0.4) is 0 Å². The van der Waals surface area contributed by atoms with Gasteiger partial charge in [0.25, 0.3) is 0 Å². The molecule has 1 aliphatic carbocycles. The molecule has 0 aromatic heterocycles. The number of hydrogen-bond acceptors (Lipinski definition) is 3. The Bertz CT molecular complexity index is 596. The van der Waals surface area contributed by atoms with Gasteiger partial charge in [-0.3, -0.25) is 4.79 Å². The smallest absolute Gasteiger partial charge is 0.223 e. The molecule has 1 saturated carbocycles. The number of benzene rings is 1. The first kappa shape index (κ1) is 21.3.